The van der Waals surface area contributed by atoms with Crippen molar-refractivity contribution in [2.24, 2.45) is 13.0 Å². The van der Waals surface area contributed by atoms with E-state index < -0.39 is 0 Å². The third-order valence-electron chi connectivity index (χ3n) is 4.68. The molecule has 1 aromatic heterocycles. The minimum absolute atomic E-state index is 0.642. The average Bonchev–Trinajstić information content (AvgIpc) is 3.23. The molecule has 1 aromatic rings. The van der Waals surface area contributed by atoms with Gasteiger partial charge in [0.2, 0.25) is 0 Å². The number of ether oxygens (including phenoxy) is 1. The van der Waals surface area contributed by atoms with E-state index >= 15 is 0 Å². The molecule has 1 unspecified atom stereocenters. The Morgan fingerprint density at radius 3 is 2.86 bits per heavy atom. The minimum Gasteiger partial charge on any atom is -0.384 e. The van der Waals surface area contributed by atoms with Crippen LogP contribution in [0.15, 0.2) is 0 Å². The summed E-state index contributed by atoms with van der Waals surface area (Å²) in [6.07, 6.45) is 5.17. The number of nitrogens with zero attached hydrogens (tertiary/aromatic N) is 3. The second-order valence-electron chi connectivity index (χ2n) is 6.58. The van der Waals surface area contributed by atoms with E-state index in [0.29, 0.717) is 5.92 Å². The van der Waals surface area contributed by atoms with Gasteiger partial charge < -0.3 is 15.0 Å². The maximum Gasteiger partial charge on any atom is 0.131 e. The Hall–Kier alpha value is -1.07. The molecule has 0 radical (unpaired) electrons. The summed E-state index contributed by atoms with van der Waals surface area (Å²) in [6, 6.07) is 0.736. The van der Waals surface area contributed by atoms with E-state index in [1.54, 1.807) is 7.11 Å². The van der Waals surface area contributed by atoms with Crippen molar-refractivity contribution in [3.8, 4) is 0 Å². The summed E-state index contributed by atoms with van der Waals surface area (Å²) in [5, 5.41) is 8.30. The molecule has 3 rings (SSSR count). The van der Waals surface area contributed by atoms with E-state index in [0.717, 1.165) is 38.0 Å². The molecule has 118 valence electrons. The fraction of sp³-hybridized carbons (Fsp3) is 0.812. The topological polar surface area (TPSA) is 42.3 Å². The number of aryl methyl sites for hydroxylation is 2. The van der Waals surface area contributed by atoms with Crippen LogP contribution in [0.2, 0.25) is 0 Å². The molecule has 5 heteroatoms. The first-order valence-electron chi connectivity index (χ1n) is 8.18. The van der Waals surface area contributed by atoms with Gasteiger partial charge in [-0.2, -0.15) is 5.10 Å². The van der Waals surface area contributed by atoms with Gasteiger partial charge in [-0.25, -0.2) is 0 Å². The normalized spacial score (nSPS) is 22.8. The van der Waals surface area contributed by atoms with Crippen molar-refractivity contribution in [1.82, 2.24) is 15.1 Å². The first-order chi connectivity index (χ1) is 10.2. The maximum atomic E-state index is 5.36. The number of aromatic nitrogens is 2. The van der Waals surface area contributed by atoms with Gasteiger partial charge in [0.25, 0.3) is 0 Å². The molecule has 1 atom stereocenters. The molecule has 1 aliphatic heterocycles. The molecular formula is C16H28N4O. The third kappa shape index (κ3) is 3.40. The summed E-state index contributed by atoms with van der Waals surface area (Å²) >= 11 is 0. The molecule has 0 bridgehead atoms. The van der Waals surface area contributed by atoms with Crippen molar-refractivity contribution >= 4 is 5.82 Å². The molecule has 2 heterocycles. The predicted molar refractivity (Wildman–Crippen MR) is 84.6 cm³/mol. The third-order valence-corrected chi connectivity index (χ3v) is 4.68. The second kappa shape index (κ2) is 6.36. The Morgan fingerprint density at radius 1 is 1.33 bits per heavy atom. The predicted octanol–water partition coefficient (Wildman–Crippen LogP) is 1.84. The van der Waals surface area contributed by atoms with Crippen molar-refractivity contribution in [3.05, 3.63) is 11.3 Å². The van der Waals surface area contributed by atoms with Crippen LogP contribution >= 0.6 is 0 Å². The van der Waals surface area contributed by atoms with Crippen LogP contribution in [0.25, 0.3) is 0 Å². The quantitative estimate of drug-likeness (QED) is 0.869. The van der Waals surface area contributed by atoms with Gasteiger partial charge in [-0.1, -0.05) is 0 Å². The van der Waals surface area contributed by atoms with Gasteiger partial charge in [0.15, 0.2) is 0 Å². The van der Waals surface area contributed by atoms with Gasteiger partial charge in [0.1, 0.15) is 5.82 Å². The van der Waals surface area contributed by atoms with Crippen molar-refractivity contribution in [3.63, 3.8) is 0 Å². The van der Waals surface area contributed by atoms with Crippen molar-refractivity contribution < 1.29 is 4.74 Å². The highest BCUT2D eigenvalue weighted by molar-refractivity contribution is 5.50. The van der Waals surface area contributed by atoms with Gasteiger partial charge in [-0.3, -0.25) is 4.68 Å². The molecule has 0 spiro atoms. The fourth-order valence-corrected chi connectivity index (χ4v) is 3.46. The number of nitrogens with one attached hydrogen (secondary N) is 1. The summed E-state index contributed by atoms with van der Waals surface area (Å²) < 4.78 is 7.42. The number of hydrogen-bond donors (Lipinski definition) is 1. The van der Waals surface area contributed by atoms with E-state index in [-0.39, 0.29) is 0 Å². The van der Waals surface area contributed by atoms with Crippen LogP contribution < -0.4 is 10.2 Å². The highest BCUT2D eigenvalue weighted by atomic mass is 16.5. The van der Waals surface area contributed by atoms with Crippen LogP contribution in [0.5, 0.6) is 0 Å². The molecule has 21 heavy (non-hydrogen) atoms. The molecule has 2 aliphatic rings. The van der Waals surface area contributed by atoms with E-state index in [2.05, 4.69) is 34.0 Å². The van der Waals surface area contributed by atoms with Gasteiger partial charge in [0, 0.05) is 45.4 Å². The lowest BCUT2D eigenvalue weighted by atomic mass is 9.98. The first-order valence-corrected chi connectivity index (χ1v) is 8.18. The molecule has 1 N–H and O–H groups in total. The molecule has 5 nitrogen and oxygen atoms in total. The Kier molecular flexibility index (Phi) is 4.50. The zero-order chi connectivity index (χ0) is 14.8. The maximum absolute atomic E-state index is 5.36. The van der Waals surface area contributed by atoms with Crippen LogP contribution in [-0.4, -0.2) is 42.6 Å². The molecule has 1 aliphatic carbocycles. The number of piperidine rings is 1. The molecule has 2 fully saturated rings. The first kappa shape index (κ1) is 14.9. The second-order valence-corrected chi connectivity index (χ2v) is 6.58. The summed E-state index contributed by atoms with van der Waals surface area (Å²) in [4.78, 5) is 2.51. The van der Waals surface area contributed by atoms with Gasteiger partial charge >= 0.3 is 0 Å². The zero-order valence-corrected chi connectivity index (χ0v) is 13.6. The number of rotatable bonds is 6. The van der Waals surface area contributed by atoms with Crippen LogP contribution in [-0.2, 0) is 18.3 Å². The van der Waals surface area contributed by atoms with Crippen molar-refractivity contribution in [2.45, 2.75) is 45.2 Å². The fourth-order valence-electron chi connectivity index (χ4n) is 3.46. The van der Waals surface area contributed by atoms with Gasteiger partial charge in [0.05, 0.1) is 12.3 Å². The van der Waals surface area contributed by atoms with E-state index in [1.807, 2.05) is 0 Å². The monoisotopic (exact) mass is 292 g/mol. The standard InChI is InChI=1S/C16H28N4O/c1-12-15(9-17-14-6-7-14)16(19(2)18-12)20-8-4-5-13(10-20)11-21-3/h13-14,17H,4-11H2,1-3H3. The van der Waals surface area contributed by atoms with E-state index in [1.165, 1.54) is 37.1 Å². The Balaban J connectivity index is 1.75. The largest absolute Gasteiger partial charge is 0.384 e. The number of anilines is 1. The van der Waals surface area contributed by atoms with Crippen molar-refractivity contribution in [1.29, 1.82) is 0 Å². The average molecular weight is 292 g/mol. The van der Waals surface area contributed by atoms with Crippen LogP contribution in [0.1, 0.15) is 36.9 Å². The van der Waals surface area contributed by atoms with Crippen LogP contribution in [0, 0.1) is 12.8 Å². The summed E-state index contributed by atoms with van der Waals surface area (Å²) in [5.41, 5.74) is 2.54. The van der Waals surface area contributed by atoms with Crippen LogP contribution in [0.4, 0.5) is 5.82 Å². The van der Waals surface area contributed by atoms with Gasteiger partial charge in [-0.05, 0) is 38.5 Å². The summed E-state index contributed by atoms with van der Waals surface area (Å²) in [7, 11) is 3.88. The van der Waals surface area contributed by atoms with Crippen molar-refractivity contribution in [2.75, 3.05) is 31.7 Å². The summed E-state index contributed by atoms with van der Waals surface area (Å²) in [6.45, 7) is 6.16. The zero-order valence-electron chi connectivity index (χ0n) is 13.6. The number of hydrogen-bond acceptors (Lipinski definition) is 4. The summed E-state index contributed by atoms with van der Waals surface area (Å²) in [5.74, 6) is 1.95. The Bertz CT molecular complexity index is 479. The molecule has 0 amide bonds. The Labute approximate surface area is 127 Å². The van der Waals surface area contributed by atoms with Crippen LogP contribution in [0.3, 0.4) is 0 Å². The molecule has 1 saturated carbocycles. The van der Waals surface area contributed by atoms with E-state index in [4.69, 9.17) is 4.74 Å². The lowest BCUT2D eigenvalue weighted by Crippen LogP contribution is -2.39. The number of methoxy groups -OCH3 is 1. The molecular weight excluding hydrogens is 264 g/mol. The highest BCUT2D eigenvalue weighted by Crippen LogP contribution is 2.29. The highest BCUT2D eigenvalue weighted by Gasteiger charge is 2.27. The SMILES string of the molecule is COCC1CCCN(c2c(CNC3CC3)c(C)nn2C)C1. The lowest BCUT2D eigenvalue weighted by molar-refractivity contribution is 0.143. The minimum atomic E-state index is 0.642. The van der Waals surface area contributed by atoms with Gasteiger partial charge in [-0.15, -0.1) is 0 Å². The van der Waals surface area contributed by atoms with E-state index in [9.17, 15) is 0 Å². The Morgan fingerprint density at radius 2 is 2.14 bits per heavy atom. The molecule has 0 aromatic carbocycles. The molecule has 1 saturated heterocycles. The lowest BCUT2D eigenvalue weighted by Gasteiger charge is -2.34. The smallest absolute Gasteiger partial charge is 0.131 e.